The predicted molar refractivity (Wildman–Crippen MR) is 114 cm³/mol. The molecule has 0 bridgehead atoms. The van der Waals surface area contributed by atoms with Crippen LogP contribution in [0.25, 0.3) is 21.9 Å². The Hall–Kier alpha value is -2.73. The third kappa shape index (κ3) is 3.64. The van der Waals surface area contributed by atoms with Gasteiger partial charge in [0.1, 0.15) is 11.2 Å². The number of β-amino-alcohol motifs (C(OH)–C–C–N with tert-alkyl or cyclic N) is 1. The van der Waals surface area contributed by atoms with Gasteiger partial charge in [-0.25, -0.2) is 0 Å². The molecule has 2 heterocycles. The van der Waals surface area contributed by atoms with Gasteiger partial charge in [0, 0.05) is 36.1 Å². The summed E-state index contributed by atoms with van der Waals surface area (Å²) in [6.07, 6.45) is 10.3. The normalized spacial score (nSPS) is 15.1. The van der Waals surface area contributed by atoms with E-state index in [0.29, 0.717) is 13.1 Å². The van der Waals surface area contributed by atoms with E-state index in [2.05, 4.69) is 52.0 Å². The molecule has 0 saturated heterocycles. The Morgan fingerprint density at radius 2 is 1.93 bits per heavy atom. The van der Waals surface area contributed by atoms with Crippen molar-refractivity contribution in [2.24, 2.45) is 0 Å². The van der Waals surface area contributed by atoms with Crippen LogP contribution in [0.3, 0.4) is 0 Å². The highest BCUT2D eigenvalue weighted by Gasteiger charge is 2.17. The Labute approximate surface area is 168 Å². The van der Waals surface area contributed by atoms with Crippen LogP contribution in [-0.2, 0) is 6.54 Å². The lowest BCUT2D eigenvalue weighted by Crippen LogP contribution is -2.39. The van der Waals surface area contributed by atoms with Crippen LogP contribution < -0.4 is 14.6 Å². The van der Waals surface area contributed by atoms with Gasteiger partial charge < -0.3 is 15.1 Å². The zero-order chi connectivity index (χ0) is 19.3. The van der Waals surface area contributed by atoms with Crippen molar-refractivity contribution in [3.8, 4) is 0 Å². The maximum atomic E-state index is 11.3. The highest BCUT2D eigenvalue weighted by Crippen LogP contribution is 2.32. The number of allylic oxidation sites excluding steroid dienone is 4. The van der Waals surface area contributed by atoms with Crippen LogP contribution in [0.5, 0.6) is 0 Å². The van der Waals surface area contributed by atoms with Gasteiger partial charge in [-0.3, -0.25) is 0 Å². The maximum absolute atomic E-state index is 11.3. The summed E-state index contributed by atoms with van der Waals surface area (Å²) in [6.45, 7) is 1.03. The smallest absolute Gasteiger partial charge is 0.262 e. The van der Waals surface area contributed by atoms with Gasteiger partial charge in [0.05, 0.1) is 6.61 Å². The maximum Gasteiger partial charge on any atom is 0.262 e. The fraction of sp³-hybridized carbons (Fsp3) is 0.174. The summed E-state index contributed by atoms with van der Waals surface area (Å²) in [7, 11) is 0. The summed E-state index contributed by atoms with van der Waals surface area (Å²) in [5.41, 5.74) is 4.48. The molecule has 0 spiro atoms. The van der Waals surface area contributed by atoms with Crippen molar-refractivity contribution in [3.05, 3.63) is 83.5 Å². The number of aliphatic hydroxyl groups is 1. The minimum atomic E-state index is -0.135. The second-order valence-electron chi connectivity index (χ2n) is 6.49. The lowest BCUT2D eigenvalue weighted by molar-refractivity contribution is -0.685. The van der Waals surface area contributed by atoms with Crippen LogP contribution >= 0.6 is 11.3 Å². The first kappa shape index (κ1) is 18.6. The average molecular weight is 391 g/mol. The summed E-state index contributed by atoms with van der Waals surface area (Å²) in [5.74, 6) is 0. The van der Waals surface area contributed by atoms with Crippen LogP contribution in [0.4, 0.5) is 5.69 Å². The van der Waals surface area contributed by atoms with E-state index in [-0.39, 0.29) is 13.2 Å². The lowest BCUT2D eigenvalue weighted by atomic mass is 9.99. The Kier molecular flexibility index (Phi) is 5.67. The Morgan fingerprint density at radius 3 is 2.79 bits per heavy atom. The van der Waals surface area contributed by atoms with Gasteiger partial charge in [0.15, 0.2) is 0 Å². The molecule has 28 heavy (non-hydrogen) atoms. The van der Waals surface area contributed by atoms with E-state index in [4.69, 9.17) is 0 Å². The van der Waals surface area contributed by atoms with Crippen molar-refractivity contribution in [2.45, 2.75) is 6.54 Å². The molecule has 0 radical (unpaired) electrons. The van der Waals surface area contributed by atoms with Gasteiger partial charge in [0.2, 0.25) is 5.52 Å². The fourth-order valence-electron chi connectivity index (χ4n) is 3.49. The zero-order valence-corrected chi connectivity index (χ0v) is 16.3. The quantitative estimate of drug-likeness (QED) is 0.659. The first-order valence-electron chi connectivity index (χ1n) is 9.35. The zero-order valence-electron chi connectivity index (χ0n) is 15.5. The van der Waals surface area contributed by atoms with Crippen molar-refractivity contribution < 1.29 is 14.8 Å². The largest absolute Gasteiger partial charge is 0.850 e. The summed E-state index contributed by atoms with van der Waals surface area (Å²) < 4.78 is 3.28. The number of thiazole rings is 1. The van der Waals surface area contributed by atoms with Gasteiger partial charge in [-0.05, 0) is 23.8 Å². The molecule has 1 aromatic heterocycles. The molecule has 0 fully saturated rings. The van der Waals surface area contributed by atoms with E-state index >= 15 is 0 Å². The Morgan fingerprint density at radius 1 is 1.11 bits per heavy atom. The molecule has 0 saturated carbocycles. The Balaban J connectivity index is 1.66. The highest BCUT2D eigenvalue weighted by molar-refractivity contribution is 7.18. The van der Waals surface area contributed by atoms with Crippen molar-refractivity contribution in [1.29, 1.82) is 0 Å². The monoisotopic (exact) mass is 390 g/mol. The van der Waals surface area contributed by atoms with E-state index in [1.807, 2.05) is 36.5 Å². The first-order valence-corrected chi connectivity index (χ1v) is 10.2. The molecular weight excluding hydrogens is 368 g/mol. The molecule has 1 aliphatic heterocycles. The van der Waals surface area contributed by atoms with Gasteiger partial charge in [-0.1, -0.05) is 60.4 Å². The number of benzene rings is 2. The standard InChI is InChI=1S/C23H22N2O2S/c26-16-14-24-13-12-18(19-7-1-2-8-20(19)24)6-5-11-23-25(15-17-27)21-9-3-4-10-22(21)28-23/h1-13,26H,14-17H2. The summed E-state index contributed by atoms with van der Waals surface area (Å²) >= 11 is 1.70. The highest BCUT2D eigenvalue weighted by atomic mass is 32.1. The Bertz CT molecular complexity index is 1070. The molecule has 142 valence electrons. The van der Waals surface area contributed by atoms with E-state index < -0.39 is 0 Å². The van der Waals surface area contributed by atoms with Crippen molar-refractivity contribution >= 4 is 38.9 Å². The number of fused-ring (bicyclic) bond motifs is 2. The van der Waals surface area contributed by atoms with Crippen LogP contribution in [0, 0.1) is 0 Å². The molecule has 3 aromatic rings. The van der Waals surface area contributed by atoms with Crippen LogP contribution in [-0.4, -0.2) is 24.9 Å². The third-order valence-electron chi connectivity index (χ3n) is 4.77. The molecule has 1 aliphatic rings. The molecule has 4 nitrogen and oxygen atoms in total. The topological polar surface area (TPSA) is 50.4 Å². The first-order chi connectivity index (χ1) is 13.8. The van der Waals surface area contributed by atoms with E-state index in [0.717, 1.165) is 27.3 Å². The molecular formula is C23H22N2O2S. The third-order valence-corrected chi connectivity index (χ3v) is 5.90. The second kappa shape index (κ2) is 8.52. The number of rotatable bonds is 6. The second-order valence-corrected chi connectivity index (χ2v) is 7.56. The molecule has 0 unspecified atom stereocenters. The predicted octanol–water partition coefficient (Wildman–Crippen LogP) is 2.97. The number of hydrogen-bond donors (Lipinski definition) is 1. The summed E-state index contributed by atoms with van der Waals surface area (Å²) in [6, 6.07) is 16.4. The average Bonchev–Trinajstić information content (AvgIpc) is 3.07. The molecule has 2 aromatic carbocycles. The van der Waals surface area contributed by atoms with E-state index in [1.165, 1.54) is 4.70 Å². The van der Waals surface area contributed by atoms with Crippen molar-refractivity contribution in [2.75, 3.05) is 24.7 Å². The summed E-state index contributed by atoms with van der Waals surface area (Å²) in [4.78, 5) is 2.06. The van der Waals surface area contributed by atoms with E-state index in [1.54, 1.807) is 11.3 Å². The minimum Gasteiger partial charge on any atom is -0.850 e. The number of para-hydroxylation sites is 2. The molecule has 0 aliphatic carbocycles. The number of aromatic nitrogens is 1. The molecule has 5 heteroatoms. The number of anilines is 1. The van der Waals surface area contributed by atoms with Gasteiger partial charge in [-0.15, -0.1) is 0 Å². The lowest BCUT2D eigenvalue weighted by Gasteiger charge is -2.26. The van der Waals surface area contributed by atoms with Gasteiger partial charge >= 0.3 is 0 Å². The minimum absolute atomic E-state index is 0.114. The summed E-state index contributed by atoms with van der Waals surface area (Å²) in [5, 5.41) is 21.6. The van der Waals surface area contributed by atoms with Gasteiger partial charge in [0.25, 0.3) is 5.01 Å². The van der Waals surface area contributed by atoms with Crippen LogP contribution in [0.2, 0.25) is 0 Å². The SMILES string of the molecule is [O-]CC[n+]1c(/C=C/C=C2\C=CN(CCO)c3ccccc32)sc2ccccc21. The van der Waals surface area contributed by atoms with E-state index in [9.17, 15) is 10.2 Å². The molecule has 1 N–H and O–H groups in total. The fourth-order valence-corrected chi connectivity index (χ4v) is 4.59. The van der Waals surface area contributed by atoms with Crippen molar-refractivity contribution in [1.82, 2.24) is 0 Å². The molecule has 4 rings (SSSR count). The molecule has 0 amide bonds. The van der Waals surface area contributed by atoms with Crippen LogP contribution in [0.1, 0.15) is 10.6 Å². The molecule has 0 atom stereocenters. The number of aliphatic hydroxyl groups excluding tert-OH is 1. The van der Waals surface area contributed by atoms with Crippen LogP contribution in [0.15, 0.2) is 73.0 Å². The van der Waals surface area contributed by atoms with Crippen molar-refractivity contribution in [3.63, 3.8) is 0 Å². The van der Waals surface area contributed by atoms with Gasteiger partial charge in [-0.2, -0.15) is 4.57 Å². The number of hydrogen-bond acceptors (Lipinski definition) is 4. The number of nitrogens with zero attached hydrogens (tertiary/aromatic N) is 2.